The fourth-order valence-corrected chi connectivity index (χ4v) is 7.51. The Labute approximate surface area is 325 Å². The van der Waals surface area contributed by atoms with Gasteiger partial charge in [-0.05, 0) is 12.8 Å². The van der Waals surface area contributed by atoms with Crippen molar-refractivity contribution in [2.24, 2.45) is 0 Å². The number of hydrogen-bond acceptors (Lipinski definition) is 8. The molecule has 1 aliphatic heterocycles. The average molecular weight is 758 g/mol. The molecule has 0 bridgehead atoms. The first-order valence-electron chi connectivity index (χ1n) is 22.7. The molecule has 0 spiro atoms. The van der Waals surface area contributed by atoms with Gasteiger partial charge in [0.1, 0.15) is 24.4 Å². The minimum Gasteiger partial charge on any atom is -0.394 e. The summed E-state index contributed by atoms with van der Waals surface area (Å²) in [5, 5.41) is 54.3. The Morgan fingerprint density at radius 3 is 1.34 bits per heavy atom. The van der Waals surface area contributed by atoms with E-state index in [4.69, 9.17) is 9.47 Å². The van der Waals surface area contributed by atoms with E-state index >= 15 is 0 Å². The van der Waals surface area contributed by atoms with Gasteiger partial charge in [-0.3, -0.25) is 4.79 Å². The second-order valence-corrected chi connectivity index (χ2v) is 16.2. The molecular formula is C44H87NO8. The third-order valence-electron chi connectivity index (χ3n) is 11.2. The standard InChI is InChI=1S/C44H87NO8/c1-3-5-7-9-11-13-15-17-18-19-20-22-24-26-28-30-32-34-40(48)45-37(36-52-44-43(51)42(50)41(49)39(35-46)53-44)38(47)33-31-29-27-25-23-21-16-14-12-10-8-6-4-2/h37-39,41-44,46-47,49-51H,3-36H2,1-2H3,(H,45,48)/t37-,38+,39+,41+,42-,43+,44+/m0/s1. The Morgan fingerprint density at radius 2 is 0.943 bits per heavy atom. The number of hydrogen-bond donors (Lipinski definition) is 6. The van der Waals surface area contributed by atoms with E-state index in [-0.39, 0.29) is 12.5 Å². The van der Waals surface area contributed by atoms with Crippen LogP contribution in [0.4, 0.5) is 0 Å². The van der Waals surface area contributed by atoms with Gasteiger partial charge in [0.25, 0.3) is 0 Å². The van der Waals surface area contributed by atoms with Crippen LogP contribution < -0.4 is 5.32 Å². The first kappa shape index (κ1) is 50.2. The molecule has 9 heteroatoms. The lowest BCUT2D eigenvalue weighted by atomic mass is 9.99. The molecule has 6 N–H and O–H groups in total. The van der Waals surface area contributed by atoms with E-state index in [1.165, 1.54) is 154 Å². The first-order valence-corrected chi connectivity index (χ1v) is 22.7. The molecule has 1 rings (SSSR count). The zero-order valence-electron chi connectivity index (χ0n) is 34.5. The van der Waals surface area contributed by atoms with Crippen LogP contribution in [-0.4, -0.2) is 87.5 Å². The smallest absolute Gasteiger partial charge is 0.220 e. The minimum absolute atomic E-state index is 0.132. The van der Waals surface area contributed by atoms with E-state index in [0.29, 0.717) is 12.8 Å². The lowest BCUT2D eigenvalue weighted by Gasteiger charge is -2.40. The SMILES string of the molecule is CCCCCCCCCCCCCCCCCCCC(=O)N[C@@H](CO[C@@H]1O[C@H](CO)[C@@H](O)[C@H](O)[C@H]1O)[C@H](O)CCCCCCCCCCCCCCC. The van der Waals surface area contributed by atoms with Gasteiger partial charge in [-0.2, -0.15) is 0 Å². The second kappa shape index (κ2) is 35.6. The molecule has 1 fully saturated rings. The van der Waals surface area contributed by atoms with E-state index in [2.05, 4.69) is 19.2 Å². The summed E-state index contributed by atoms with van der Waals surface area (Å²) in [4.78, 5) is 13.0. The number of carbonyl (C=O) groups excluding carboxylic acids is 1. The Morgan fingerprint density at radius 1 is 0.566 bits per heavy atom. The Hall–Kier alpha value is -0.810. The molecule has 0 aliphatic carbocycles. The molecule has 1 saturated heterocycles. The maximum Gasteiger partial charge on any atom is 0.220 e. The van der Waals surface area contributed by atoms with Crippen molar-refractivity contribution in [3.8, 4) is 0 Å². The topological polar surface area (TPSA) is 149 Å². The van der Waals surface area contributed by atoms with Gasteiger partial charge in [0.05, 0.1) is 25.4 Å². The zero-order valence-corrected chi connectivity index (χ0v) is 34.5. The van der Waals surface area contributed by atoms with Crippen LogP contribution in [0.3, 0.4) is 0 Å². The highest BCUT2D eigenvalue weighted by molar-refractivity contribution is 5.76. The monoisotopic (exact) mass is 758 g/mol. The van der Waals surface area contributed by atoms with Gasteiger partial charge in [0, 0.05) is 6.42 Å². The molecule has 316 valence electrons. The average Bonchev–Trinajstić information content (AvgIpc) is 3.16. The largest absolute Gasteiger partial charge is 0.394 e. The molecule has 9 nitrogen and oxygen atoms in total. The molecule has 7 atom stereocenters. The highest BCUT2D eigenvalue weighted by Gasteiger charge is 2.44. The number of amides is 1. The van der Waals surface area contributed by atoms with E-state index in [1.54, 1.807) is 0 Å². The number of carbonyl (C=O) groups is 1. The summed E-state index contributed by atoms with van der Waals surface area (Å²) in [6.07, 6.45) is 31.0. The van der Waals surface area contributed by atoms with Crippen LogP contribution in [0.25, 0.3) is 0 Å². The van der Waals surface area contributed by atoms with Gasteiger partial charge < -0.3 is 40.3 Å². The van der Waals surface area contributed by atoms with Crippen molar-refractivity contribution in [1.29, 1.82) is 0 Å². The van der Waals surface area contributed by atoms with Crippen LogP contribution in [-0.2, 0) is 14.3 Å². The van der Waals surface area contributed by atoms with Crippen molar-refractivity contribution in [3.05, 3.63) is 0 Å². The van der Waals surface area contributed by atoms with Crippen LogP contribution in [0.15, 0.2) is 0 Å². The van der Waals surface area contributed by atoms with Gasteiger partial charge in [-0.25, -0.2) is 0 Å². The summed E-state index contributed by atoms with van der Waals surface area (Å²) in [7, 11) is 0. The summed E-state index contributed by atoms with van der Waals surface area (Å²) in [5.41, 5.74) is 0. The molecule has 0 aromatic rings. The Bertz CT molecular complexity index is 801. The maximum atomic E-state index is 13.0. The number of nitrogens with one attached hydrogen (secondary N) is 1. The second-order valence-electron chi connectivity index (χ2n) is 16.2. The number of rotatable bonds is 38. The third kappa shape index (κ3) is 26.6. The number of aliphatic hydroxyl groups excluding tert-OH is 5. The van der Waals surface area contributed by atoms with Crippen LogP contribution in [0.1, 0.15) is 219 Å². The van der Waals surface area contributed by atoms with Crippen molar-refractivity contribution in [2.75, 3.05) is 13.2 Å². The predicted molar refractivity (Wildman–Crippen MR) is 217 cm³/mol. The van der Waals surface area contributed by atoms with Gasteiger partial charge in [0.15, 0.2) is 6.29 Å². The van der Waals surface area contributed by atoms with Crippen molar-refractivity contribution < 1.29 is 39.8 Å². The van der Waals surface area contributed by atoms with E-state index in [1.807, 2.05) is 0 Å². The van der Waals surface area contributed by atoms with Crippen LogP contribution in [0.5, 0.6) is 0 Å². The molecular weight excluding hydrogens is 670 g/mol. The van der Waals surface area contributed by atoms with Gasteiger partial charge >= 0.3 is 0 Å². The molecule has 0 saturated carbocycles. The molecule has 53 heavy (non-hydrogen) atoms. The number of ether oxygens (including phenoxy) is 2. The van der Waals surface area contributed by atoms with Crippen LogP contribution in [0.2, 0.25) is 0 Å². The predicted octanol–water partition coefficient (Wildman–Crippen LogP) is 9.17. The van der Waals surface area contributed by atoms with Gasteiger partial charge in [-0.1, -0.05) is 200 Å². The van der Waals surface area contributed by atoms with E-state index < -0.39 is 49.5 Å². The Kier molecular flexibility index (Phi) is 33.7. The molecule has 1 heterocycles. The van der Waals surface area contributed by atoms with Crippen molar-refractivity contribution in [3.63, 3.8) is 0 Å². The maximum absolute atomic E-state index is 13.0. The van der Waals surface area contributed by atoms with Crippen LogP contribution in [0, 0.1) is 0 Å². The summed E-state index contributed by atoms with van der Waals surface area (Å²) in [6.45, 7) is 3.84. The zero-order chi connectivity index (χ0) is 38.8. The van der Waals surface area contributed by atoms with Gasteiger partial charge in [-0.15, -0.1) is 0 Å². The fraction of sp³-hybridized carbons (Fsp3) is 0.977. The van der Waals surface area contributed by atoms with Crippen molar-refractivity contribution in [1.82, 2.24) is 5.32 Å². The number of unbranched alkanes of at least 4 members (excludes halogenated alkanes) is 28. The summed E-state index contributed by atoms with van der Waals surface area (Å²) < 4.78 is 11.2. The normalized spacial score (nSPS) is 21.5. The Balaban J connectivity index is 2.31. The quantitative estimate of drug-likeness (QED) is 0.0342. The molecule has 0 aromatic heterocycles. The van der Waals surface area contributed by atoms with Crippen molar-refractivity contribution >= 4 is 5.91 Å². The molecule has 1 aliphatic rings. The first-order chi connectivity index (χ1) is 25.8. The molecule has 0 aromatic carbocycles. The summed E-state index contributed by atoms with van der Waals surface area (Å²) in [5.74, 6) is -0.141. The third-order valence-corrected chi connectivity index (χ3v) is 11.2. The molecule has 0 unspecified atom stereocenters. The fourth-order valence-electron chi connectivity index (χ4n) is 7.51. The van der Waals surface area contributed by atoms with E-state index in [9.17, 15) is 30.3 Å². The molecule has 1 amide bonds. The number of aliphatic hydroxyl groups is 5. The highest BCUT2D eigenvalue weighted by Crippen LogP contribution is 2.23. The summed E-state index contributed by atoms with van der Waals surface area (Å²) >= 11 is 0. The lowest BCUT2D eigenvalue weighted by Crippen LogP contribution is -2.60. The minimum atomic E-state index is -1.55. The van der Waals surface area contributed by atoms with Crippen LogP contribution >= 0.6 is 0 Å². The van der Waals surface area contributed by atoms with E-state index in [0.717, 1.165) is 38.5 Å². The van der Waals surface area contributed by atoms with Gasteiger partial charge in [0.2, 0.25) is 5.91 Å². The van der Waals surface area contributed by atoms with Crippen molar-refractivity contribution in [2.45, 2.75) is 262 Å². The lowest BCUT2D eigenvalue weighted by molar-refractivity contribution is -0.302. The summed E-state index contributed by atoms with van der Waals surface area (Å²) in [6, 6.07) is -0.710. The molecule has 0 radical (unpaired) electrons. The highest BCUT2D eigenvalue weighted by atomic mass is 16.7.